The molecule has 0 saturated heterocycles. The largest absolute Gasteiger partial charge is 0.508 e. The molecule has 142 valence electrons. The van der Waals surface area contributed by atoms with E-state index in [4.69, 9.17) is 10.8 Å². The summed E-state index contributed by atoms with van der Waals surface area (Å²) in [6, 6.07) is 11.9. The Labute approximate surface area is 168 Å². The third-order valence-corrected chi connectivity index (χ3v) is 5.41. The number of aromatic hydroxyl groups is 1. The average Bonchev–Trinajstić information content (AvgIpc) is 3.26. The first-order chi connectivity index (χ1) is 13.1. The number of halogens is 1. The molecule has 1 unspecified atom stereocenters. The van der Waals surface area contributed by atoms with E-state index in [0.717, 1.165) is 40.7 Å². The Bertz CT molecular complexity index is 1190. The number of aryl methyl sites for hydroxylation is 1. The number of nitrogen functional groups attached to an aromatic ring is 1. The van der Waals surface area contributed by atoms with Crippen LogP contribution in [0.3, 0.4) is 0 Å². The molecule has 0 aliphatic heterocycles. The monoisotopic (exact) mass is 393 g/mol. The number of hydrogen-bond donors (Lipinski definition) is 2. The fourth-order valence-electron chi connectivity index (χ4n) is 3.98. The zero-order chi connectivity index (χ0) is 18.5. The van der Waals surface area contributed by atoms with Gasteiger partial charge in [-0.25, -0.2) is 9.97 Å². The third-order valence-electron chi connectivity index (χ3n) is 5.41. The molecule has 4 aromatic rings. The fourth-order valence-corrected chi connectivity index (χ4v) is 3.98. The predicted molar refractivity (Wildman–Crippen MR) is 112 cm³/mol. The molecule has 0 saturated carbocycles. The number of phenols is 1. The first-order valence-electron chi connectivity index (χ1n) is 8.96. The SMILES string of the molecule is Cc1ccc(-c2c3cncnc3nn2C2Cc3cccc(N)c3C2)cc1O.Cl. The van der Waals surface area contributed by atoms with E-state index in [1.54, 1.807) is 12.3 Å². The van der Waals surface area contributed by atoms with Crippen LogP contribution in [0.25, 0.3) is 22.3 Å². The molecule has 3 N–H and O–H groups in total. The van der Waals surface area contributed by atoms with Crippen LogP contribution in [-0.4, -0.2) is 24.9 Å². The van der Waals surface area contributed by atoms with Crippen LogP contribution in [0.1, 0.15) is 22.7 Å². The molecule has 7 heteroatoms. The van der Waals surface area contributed by atoms with Gasteiger partial charge < -0.3 is 10.8 Å². The standard InChI is InChI=1S/C21H19N5O.ClH/c1-12-5-6-14(8-19(12)27)20-17-10-23-11-24-21(17)25-26(20)15-7-13-3-2-4-18(22)16(13)9-15;/h2-6,8,10-11,15,27H,7,9,22H2,1H3;1H. The summed E-state index contributed by atoms with van der Waals surface area (Å²) in [5.41, 5.74) is 12.8. The van der Waals surface area contributed by atoms with Gasteiger partial charge >= 0.3 is 0 Å². The van der Waals surface area contributed by atoms with Crippen LogP contribution in [0.4, 0.5) is 5.69 Å². The van der Waals surface area contributed by atoms with Crippen LogP contribution >= 0.6 is 12.4 Å². The van der Waals surface area contributed by atoms with Gasteiger partial charge in [-0.2, -0.15) is 5.10 Å². The maximum Gasteiger partial charge on any atom is 0.184 e. The number of nitrogens with two attached hydrogens (primary N) is 1. The van der Waals surface area contributed by atoms with Gasteiger partial charge in [0, 0.05) is 17.4 Å². The van der Waals surface area contributed by atoms with Crippen molar-refractivity contribution in [1.82, 2.24) is 19.7 Å². The van der Waals surface area contributed by atoms with Crippen molar-refractivity contribution in [3.63, 3.8) is 0 Å². The van der Waals surface area contributed by atoms with Gasteiger partial charge in [0.05, 0.1) is 17.1 Å². The Kier molecular flexibility index (Phi) is 4.43. The lowest BCUT2D eigenvalue weighted by molar-refractivity contribution is 0.470. The van der Waals surface area contributed by atoms with Crippen LogP contribution in [0.5, 0.6) is 5.75 Å². The fraction of sp³-hybridized carbons (Fsp3) is 0.190. The number of benzene rings is 2. The van der Waals surface area contributed by atoms with Gasteiger partial charge in [0.25, 0.3) is 0 Å². The van der Waals surface area contributed by atoms with Crippen molar-refractivity contribution >= 4 is 29.1 Å². The summed E-state index contributed by atoms with van der Waals surface area (Å²) in [6.45, 7) is 1.88. The zero-order valence-corrected chi connectivity index (χ0v) is 16.1. The Morgan fingerprint density at radius 3 is 2.82 bits per heavy atom. The lowest BCUT2D eigenvalue weighted by Gasteiger charge is -2.15. The molecule has 2 aromatic carbocycles. The van der Waals surface area contributed by atoms with Crippen molar-refractivity contribution in [2.75, 3.05) is 5.73 Å². The lowest BCUT2D eigenvalue weighted by Crippen LogP contribution is -2.12. The molecule has 1 aliphatic rings. The third kappa shape index (κ3) is 2.77. The van der Waals surface area contributed by atoms with Gasteiger partial charge in [0.1, 0.15) is 12.1 Å². The minimum Gasteiger partial charge on any atom is -0.508 e. The summed E-state index contributed by atoms with van der Waals surface area (Å²) < 4.78 is 2.03. The second-order valence-electron chi connectivity index (χ2n) is 7.10. The molecule has 6 nitrogen and oxygen atoms in total. The van der Waals surface area contributed by atoms with Crippen molar-refractivity contribution < 1.29 is 5.11 Å². The van der Waals surface area contributed by atoms with E-state index in [1.165, 1.54) is 17.5 Å². The highest BCUT2D eigenvalue weighted by Gasteiger charge is 2.28. The molecule has 5 rings (SSSR count). The number of aromatic nitrogens is 4. The summed E-state index contributed by atoms with van der Waals surface area (Å²) in [4.78, 5) is 8.52. The lowest BCUT2D eigenvalue weighted by atomic mass is 10.1. The average molecular weight is 394 g/mol. The Hall–Kier alpha value is -3.12. The summed E-state index contributed by atoms with van der Waals surface area (Å²) in [6.07, 6.45) is 4.99. The van der Waals surface area contributed by atoms with E-state index in [2.05, 4.69) is 16.0 Å². The van der Waals surface area contributed by atoms with Gasteiger partial charge in [0.15, 0.2) is 5.65 Å². The number of phenolic OH excluding ortho intramolecular Hbond substituents is 1. The summed E-state index contributed by atoms with van der Waals surface area (Å²) in [5, 5.41) is 15.9. The maximum absolute atomic E-state index is 10.2. The van der Waals surface area contributed by atoms with Gasteiger partial charge in [-0.15, -0.1) is 12.4 Å². The highest BCUT2D eigenvalue weighted by molar-refractivity contribution is 5.91. The minimum absolute atomic E-state index is 0. The number of fused-ring (bicyclic) bond motifs is 2. The molecule has 1 aliphatic carbocycles. The van der Waals surface area contributed by atoms with E-state index in [9.17, 15) is 5.11 Å². The summed E-state index contributed by atoms with van der Waals surface area (Å²) >= 11 is 0. The number of nitrogens with zero attached hydrogens (tertiary/aromatic N) is 4. The summed E-state index contributed by atoms with van der Waals surface area (Å²) in [5.74, 6) is 0.268. The topological polar surface area (TPSA) is 89.9 Å². The van der Waals surface area contributed by atoms with Crippen LogP contribution in [0.2, 0.25) is 0 Å². The molecular formula is C21H20ClN5O. The molecule has 0 spiro atoms. The second kappa shape index (κ2) is 6.80. The van der Waals surface area contributed by atoms with Crippen LogP contribution in [0, 0.1) is 6.92 Å². The number of hydrogen-bond acceptors (Lipinski definition) is 5. The van der Waals surface area contributed by atoms with E-state index in [1.807, 2.05) is 35.9 Å². The van der Waals surface area contributed by atoms with Gasteiger partial charge in [-0.05, 0) is 48.6 Å². The van der Waals surface area contributed by atoms with Crippen LogP contribution < -0.4 is 5.73 Å². The Balaban J connectivity index is 0.00000192. The van der Waals surface area contributed by atoms with Gasteiger partial charge in [0.2, 0.25) is 0 Å². The van der Waals surface area contributed by atoms with E-state index >= 15 is 0 Å². The van der Waals surface area contributed by atoms with E-state index < -0.39 is 0 Å². The van der Waals surface area contributed by atoms with Gasteiger partial charge in [-0.1, -0.05) is 24.3 Å². The molecule has 2 aromatic heterocycles. The number of anilines is 1. The highest BCUT2D eigenvalue weighted by atomic mass is 35.5. The van der Waals surface area contributed by atoms with E-state index in [-0.39, 0.29) is 24.2 Å². The molecule has 0 fully saturated rings. The Morgan fingerprint density at radius 2 is 2.04 bits per heavy atom. The first kappa shape index (κ1) is 18.3. The number of rotatable bonds is 2. The van der Waals surface area contributed by atoms with Crippen molar-refractivity contribution in [3.05, 3.63) is 65.6 Å². The molecule has 0 radical (unpaired) electrons. The van der Waals surface area contributed by atoms with E-state index in [0.29, 0.717) is 5.65 Å². The van der Waals surface area contributed by atoms with Crippen molar-refractivity contribution in [3.8, 4) is 17.0 Å². The Morgan fingerprint density at radius 1 is 1.18 bits per heavy atom. The quantitative estimate of drug-likeness (QED) is 0.505. The van der Waals surface area contributed by atoms with Crippen LogP contribution in [-0.2, 0) is 12.8 Å². The molecule has 1 atom stereocenters. The zero-order valence-electron chi connectivity index (χ0n) is 15.3. The highest BCUT2D eigenvalue weighted by Crippen LogP contribution is 2.38. The molecular weight excluding hydrogens is 374 g/mol. The maximum atomic E-state index is 10.2. The first-order valence-corrected chi connectivity index (χ1v) is 8.96. The molecule has 0 bridgehead atoms. The van der Waals surface area contributed by atoms with Crippen molar-refractivity contribution in [1.29, 1.82) is 0 Å². The van der Waals surface area contributed by atoms with Crippen LogP contribution in [0.15, 0.2) is 48.9 Å². The minimum atomic E-state index is 0. The van der Waals surface area contributed by atoms with Crippen molar-refractivity contribution in [2.45, 2.75) is 25.8 Å². The molecule has 28 heavy (non-hydrogen) atoms. The van der Waals surface area contributed by atoms with Crippen molar-refractivity contribution in [2.24, 2.45) is 0 Å². The van der Waals surface area contributed by atoms with Gasteiger partial charge in [-0.3, -0.25) is 4.68 Å². The predicted octanol–water partition coefficient (Wildman–Crippen LogP) is 3.85. The normalized spacial score (nSPS) is 15.4. The summed E-state index contributed by atoms with van der Waals surface area (Å²) in [7, 11) is 0. The molecule has 0 amide bonds. The molecule has 2 heterocycles. The second-order valence-corrected chi connectivity index (χ2v) is 7.10. The smallest absolute Gasteiger partial charge is 0.184 e.